The summed E-state index contributed by atoms with van der Waals surface area (Å²) < 4.78 is 11.9. The van der Waals surface area contributed by atoms with Gasteiger partial charge in [-0.25, -0.2) is 4.79 Å². The first kappa shape index (κ1) is 19.1. The number of nitrogens with two attached hydrogens (primary N) is 1. The van der Waals surface area contributed by atoms with Crippen LogP contribution in [0, 0.1) is 0 Å². The molecule has 140 valence electrons. The van der Waals surface area contributed by atoms with E-state index in [-0.39, 0.29) is 17.4 Å². The number of carbonyl (C=O) groups is 2. The maximum absolute atomic E-state index is 12.4. The van der Waals surface area contributed by atoms with Gasteiger partial charge < -0.3 is 25.8 Å². The van der Waals surface area contributed by atoms with E-state index in [2.05, 4.69) is 15.7 Å². The summed E-state index contributed by atoms with van der Waals surface area (Å²) in [6.45, 7) is 1.94. The molecular formula is C17H23N5O4. The molecule has 3 amide bonds. The maximum Gasteiger partial charge on any atom is 0.319 e. The van der Waals surface area contributed by atoms with E-state index in [0.717, 1.165) is 5.56 Å². The minimum Gasteiger partial charge on any atom is -0.497 e. The van der Waals surface area contributed by atoms with E-state index in [0.29, 0.717) is 17.9 Å². The summed E-state index contributed by atoms with van der Waals surface area (Å²) in [6, 6.07) is 4.65. The zero-order chi connectivity index (χ0) is 19.3. The highest BCUT2D eigenvalue weighted by molar-refractivity contribution is 6.01. The number of hydrogen-bond acceptors (Lipinski definition) is 5. The minimum absolute atomic E-state index is 0.00116. The second-order valence-electron chi connectivity index (χ2n) is 5.63. The molecule has 0 aliphatic heterocycles. The number of primary amides is 1. The number of aromatic nitrogens is 2. The van der Waals surface area contributed by atoms with Crippen molar-refractivity contribution in [1.82, 2.24) is 15.1 Å². The van der Waals surface area contributed by atoms with Crippen LogP contribution >= 0.6 is 0 Å². The van der Waals surface area contributed by atoms with Gasteiger partial charge >= 0.3 is 6.03 Å². The number of aryl methyl sites for hydroxylation is 1. The first-order valence-corrected chi connectivity index (χ1v) is 8.01. The Kier molecular flexibility index (Phi) is 6.05. The molecule has 4 N–H and O–H groups in total. The summed E-state index contributed by atoms with van der Waals surface area (Å²) >= 11 is 0. The summed E-state index contributed by atoms with van der Waals surface area (Å²) in [5.41, 5.74) is 6.35. The molecule has 0 spiro atoms. The summed E-state index contributed by atoms with van der Waals surface area (Å²) in [5.74, 6) is 0.539. The molecule has 0 radical (unpaired) electrons. The summed E-state index contributed by atoms with van der Waals surface area (Å²) in [7, 11) is 4.76. The van der Waals surface area contributed by atoms with Crippen LogP contribution in [0.4, 0.5) is 10.5 Å². The van der Waals surface area contributed by atoms with Gasteiger partial charge in [0, 0.05) is 19.3 Å². The SMILES string of the molecule is CCC(NC(=O)Nc1cn(C)nc1C(N)=O)c1cc(OC)cc(OC)c1. The average molecular weight is 361 g/mol. The first-order valence-electron chi connectivity index (χ1n) is 8.01. The van der Waals surface area contributed by atoms with Crippen LogP contribution < -0.4 is 25.8 Å². The summed E-state index contributed by atoms with van der Waals surface area (Å²) in [4.78, 5) is 23.8. The molecule has 9 nitrogen and oxygen atoms in total. The van der Waals surface area contributed by atoms with E-state index in [1.165, 1.54) is 10.9 Å². The number of nitrogens with zero attached hydrogens (tertiary/aromatic N) is 2. The van der Waals surface area contributed by atoms with Gasteiger partial charge in [0.15, 0.2) is 5.69 Å². The summed E-state index contributed by atoms with van der Waals surface area (Å²) in [6.07, 6.45) is 2.15. The normalized spacial score (nSPS) is 11.5. The number of rotatable bonds is 7. The van der Waals surface area contributed by atoms with Crippen molar-refractivity contribution in [2.45, 2.75) is 19.4 Å². The third-order valence-electron chi connectivity index (χ3n) is 3.80. The number of nitrogens with one attached hydrogen (secondary N) is 2. The molecule has 2 rings (SSSR count). The van der Waals surface area contributed by atoms with Gasteiger partial charge in [0.25, 0.3) is 5.91 Å². The molecule has 1 unspecified atom stereocenters. The fourth-order valence-corrected chi connectivity index (χ4v) is 2.53. The minimum atomic E-state index is -0.717. The Balaban J connectivity index is 2.17. The second kappa shape index (κ2) is 8.24. The predicted molar refractivity (Wildman–Crippen MR) is 96.5 cm³/mol. The molecule has 0 saturated heterocycles. The summed E-state index contributed by atoms with van der Waals surface area (Å²) in [5, 5.41) is 9.40. The molecule has 1 aromatic carbocycles. The van der Waals surface area contributed by atoms with Gasteiger partial charge in [-0.2, -0.15) is 5.10 Å². The van der Waals surface area contributed by atoms with E-state index in [9.17, 15) is 9.59 Å². The smallest absolute Gasteiger partial charge is 0.319 e. The molecule has 0 bridgehead atoms. The van der Waals surface area contributed by atoms with Crippen LogP contribution in [0.15, 0.2) is 24.4 Å². The lowest BCUT2D eigenvalue weighted by Crippen LogP contribution is -2.33. The highest BCUT2D eigenvalue weighted by Gasteiger charge is 2.19. The standard InChI is InChI=1S/C17H23N5O4/c1-5-13(10-6-11(25-3)8-12(7-10)26-4)19-17(24)20-14-9-22(2)21-15(14)16(18)23/h6-9,13H,5H2,1-4H3,(H2,18,23)(H2,19,20,24). The van der Waals surface area contributed by atoms with Crippen molar-refractivity contribution in [3.05, 3.63) is 35.7 Å². The zero-order valence-corrected chi connectivity index (χ0v) is 15.2. The molecule has 0 aliphatic rings. The number of urea groups is 1. The van der Waals surface area contributed by atoms with Crippen molar-refractivity contribution in [2.75, 3.05) is 19.5 Å². The van der Waals surface area contributed by atoms with Gasteiger partial charge in [-0.3, -0.25) is 9.48 Å². The molecule has 9 heteroatoms. The molecule has 1 aromatic heterocycles. The van der Waals surface area contributed by atoms with E-state index in [4.69, 9.17) is 15.2 Å². The van der Waals surface area contributed by atoms with Crippen LogP contribution in [0.2, 0.25) is 0 Å². The monoisotopic (exact) mass is 361 g/mol. The van der Waals surface area contributed by atoms with Crippen LogP contribution in [-0.2, 0) is 7.05 Å². The Morgan fingerprint density at radius 1 is 1.23 bits per heavy atom. The van der Waals surface area contributed by atoms with Crippen molar-refractivity contribution >= 4 is 17.6 Å². The topological polar surface area (TPSA) is 120 Å². The van der Waals surface area contributed by atoms with Crippen LogP contribution in [0.25, 0.3) is 0 Å². The molecule has 0 fully saturated rings. The zero-order valence-electron chi connectivity index (χ0n) is 15.2. The molecule has 1 heterocycles. The Morgan fingerprint density at radius 2 is 1.85 bits per heavy atom. The van der Waals surface area contributed by atoms with Crippen LogP contribution in [0.5, 0.6) is 11.5 Å². The fraction of sp³-hybridized carbons (Fsp3) is 0.353. The Hall–Kier alpha value is -3.23. The number of anilines is 1. The number of ether oxygens (including phenoxy) is 2. The quantitative estimate of drug-likeness (QED) is 0.694. The molecule has 0 aliphatic carbocycles. The number of benzene rings is 1. The first-order chi connectivity index (χ1) is 12.4. The van der Waals surface area contributed by atoms with Gasteiger partial charge in [0.2, 0.25) is 0 Å². The van der Waals surface area contributed by atoms with Crippen molar-refractivity contribution in [3.8, 4) is 11.5 Å². The lowest BCUT2D eigenvalue weighted by molar-refractivity contribution is 0.0995. The number of carbonyl (C=O) groups excluding carboxylic acids is 2. The lowest BCUT2D eigenvalue weighted by Gasteiger charge is -2.19. The highest BCUT2D eigenvalue weighted by atomic mass is 16.5. The number of methoxy groups -OCH3 is 2. The fourth-order valence-electron chi connectivity index (χ4n) is 2.53. The molecule has 2 aromatic rings. The molecule has 26 heavy (non-hydrogen) atoms. The largest absolute Gasteiger partial charge is 0.497 e. The van der Waals surface area contributed by atoms with Crippen LogP contribution in [-0.4, -0.2) is 35.9 Å². The number of amides is 3. The lowest BCUT2D eigenvalue weighted by atomic mass is 10.0. The van der Waals surface area contributed by atoms with Crippen molar-refractivity contribution in [2.24, 2.45) is 12.8 Å². The van der Waals surface area contributed by atoms with Crippen molar-refractivity contribution < 1.29 is 19.1 Å². The van der Waals surface area contributed by atoms with Crippen molar-refractivity contribution in [1.29, 1.82) is 0 Å². The third-order valence-corrected chi connectivity index (χ3v) is 3.80. The van der Waals surface area contributed by atoms with Gasteiger partial charge in [-0.15, -0.1) is 0 Å². The average Bonchev–Trinajstić information content (AvgIpc) is 2.99. The third kappa shape index (κ3) is 4.44. The Morgan fingerprint density at radius 3 is 2.35 bits per heavy atom. The van der Waals surface area contributed by atoms with Crippen LogP contribution in [0.3, 0.4) is 0 Å². The second-order valence-corrected chi connectivity index (χ2v) is 5.63. The Labute approximate surface area is 151 Å². The molecular weight excluding hydrogens is 338 g/mol. The van der Waals surface area contributed by atoms with Gasteiger partial charge in [0.05, 0.1) is 25.9 Å². The molecule has 1 atom stereocenters. The van der Waals surface area contributed by atoms with Gasteiger partial charge in [-0.05, 0) is 24.1 Å². The Bertz CT molecular complexity index is 780. The van der Waals surface area contributed by atoms with Gasteiger partial charge in [-0.1, -0.05) is 6.92 Å². The predicted octanol–water partition coefficient (Wildman–Crippen LogP) is 1.81. The maximum atomic E-state index is 12.4. The van der Waals surface area contributed by atoms with E-state index < -0.39 is 11.9 Å². The van der Waals surface area contributed by atoms with E-state index >= 15 is 0 Å². The van der Waals surface area contributed by atoms with Crippen molar-refractivity contribution in [3.63, 3.8) is 0 Å². The molecule has 0 saturated carbocycles. The van der Waals surface area contributed by atoms with Crippen LogP contribution in [0.1, 0.15) is 35.4 Å². The van der Waals surface area contributed by atoms with E-state index in [1.54, 1.807) is 27.3 Å². The van der Waals surface area contributed by atoms with Gasteiger partial charge in [0.1, 0.15) is 11.5 Å². The number of hydrogen-bond donors (Lipinski definition) is 3. The van der Waals surface area contributed by atoms with E-state index in [1.807, 2.05) is 19.1 Å². The highest BCUT2D eigenvalue weighted by Crippen LogP contribution is 2.28.